The van der Waals surface area contributed by atoms with Gasteiger partial charge in [0, 0.05) is 26.7 Å². The zero-order chi connectivity index (χ0) is 14.3. The van der Waals surface area contributed by atoms with Crippen molar-refractivity contribution in [3.8, 4) is 0 Å². The average molecular weight is 271 g/mol. The van der Waals surface area contributed by atoms with Gasteiger partial charge in [-0.2, -0.15) is 0 Å². The van der Waals surface area contributed by atoms with Crippen molar-refractivity contribution in [2.45, 2.75) is 25.8 Å². The molecule has 19 heavy (non-hydrogen) atoms. The van der Waals surface area contributed by atoms with Crippen molar-refractivity contribution in [3.05, 3.63) is 0 Å². The van der Waals surface area contributed by atoms with Gasteiger partial charge in [-0.3, -0.25) is 9.59 Å². The van der Waals surface area contributed by atoms with Gasteiger partial charge in [-0.1, -0.05) is 0 Å². The molecule has 0 radical (unpaired) electrons. The molecule has 0 aromatic heterocycles. The van der Waals surface area contributed by atoms with Gasteiger partial charge in [0.05, 0.1) is 19.1 Å². The summed E-state index contributed by atoms with van der Waals surface area (Å²) in [5, 5.41) is 6.01. The molecule has 2 N–H and O–H groups in total. The van der Waals surface area contributed by atoms with Crippen molar-refractivity contribution in [2.75, 3.05) is 40.4 Å². The lowest BCUT2D eigenvalue weighted by molar-refractivity contribution is -0.139. The van der Waals surface area contributed by atoms with Gasteiger partial charge in [0.1, 0.15) is 0 Å². The summed E-state index contributed by atoms with van der Waals surface area (Å²) < 4.78 is 4.85. The van der Waals surface area contributed by atoms with E-state index in [1.807, 2.05) is 6.92 Å². The van der Waals surface area contributed by atoms with Gasteiger partial charge in [-0.05, 0) is 26.3 Å². The van der Waals surface area contributed by atoms with Crippen LogP contribution in [0.25, 0.3) is 0 Å². The minimum absolute atomic E-state index is 0.0227. The van der Waals surface area contributed by atoms with Crippen LogP contribution in [0.5, 0.6) is 0 Å². The van der Waals surface area contributed by atoms with Crippen LogP contribution in [-0.4, -0.2) is 63.2 Å². The number of carbonyl (C=O) groups is 2. The van der Waals surface area contributed by atoms with Crippen LogP contribution in [-0.2, 0) is 14.3 Å². The lowest BCUT2D eigenvalue weighted by Crippen LogP contribution is -2.49. The molecule has 0 aromatic rings. The Kier molecular flexibility index (Phi) is 6.80. The molecule has 2 atom stereocenters. The number of ether oxygens (including phenoxy) is 1. The molecule has 1 aliphatic rings. The highest BCUT2D eigenvalue weighted by atomic mass is 16.5. The Morgan fingerprint density at radius 2 is 2.21 bits per heavy atom. The van der Waals surface area contributed by atoms with Gasteiger partial charge in [-0.15, -0.1) is 0 Å². The molecule has 6 heteroatoms. The maximum Gasteiger partial charge on any atom is 0.239 e. The largest absolute Gasteiger partial charge is 0.383 e. The maximum atomic E-state index is 12.3. The van der Waals surface area contributed by atoms with E-state index in [4.69, 9.17) is 4.74 Å². The minimum Gasteiger partial charge on any atom is -0.383 e. The first-order chi connectivity index (χ1) is 9.06. The zero-order valence-corrected chi connectivity index (χ0v) is 12.1. The van der Waals surface area contributed by atoms with Gasteiger partial charge < -0.3 is 20.3 Å². The van der Waals surface area contributed by atoms with Crippen LogP contribution in [0.4, 0.5) is 0 Å². The Labute approximate surface area is 114 Å². The average Bonchev–Trinajstić information content (AvgIpc) is 2.38. The minimum atomic E-state index is -0.149. The number of nitrogens with one attached hydrogen (secondary N) is 2. The molecule has 1 aliphatic heterocycles. The van der Waals surface area contributed by atoms with Gasteiger partial charge in [0.2, 0.25) is 11.8 Å². The van der Waals surface area contributed by atoms with Crippen LogP contribution >= 0.6 is 0 Å². The standard InChI is InChI=1S/C13H25N3O3/c1-10-11(5-4-6-14-10)13(18)16(2)9-12(17)15-7-8-19-3/h10-11,14H,4-9H2,1-3H3,(H,15,17). The quantitative estimate of drug-likeness (QED) is 0.645. The molecular weight excluding hydrogens is 246 g/mol. The molecular formula is C13H25N3O3. The normalized spacial score (nSPS) is 22.9. The fourth-order valence-corrected chi connectivity index (χ4v) is 2.31. The second kappa shape index (κ2) is 8.12. The fourth-order valence-electron chi connectivity index (χ4n) is 2.31. The number of carbonyl (C=O) groups excluding carboxylic acids is 2. The number of piperidine rings is 1. The molecule has 2 unspecified atom stereocenters. The molecule has 0 spiro atoms. The Morgan fingerprint density at radius 1 is 1.47 bits per heavy atom. The lowest BCUT2D eigenvalue weighted by atomic mass is 9.91. The van der Waals surface area contributed by atoms with E-state index in [-0.39, 0.29) is 30.3 Å². The third kappa shape index (κ3) is 5.16. The second-order valence-corrected chi connectivity index (χ2v) is 5.03. The molecule has 1 saturated heterocycles. The van der Waals surface area contributed by atoms with Crippen molar-refractivity contribution in [3.63, 3.8) is 0 Å². The molecule has 110 valence electrons. The van der Waals surface area contributed by atoms with Gasteiger partial charge in [0.15, 0.2) is 0 Å². The van der Waals surface area contributed by atoms with Gasteiger partial charge in [0.25, 0.3) is 0 Å². The summed E-state index contributed by atoms with van der Waals surface area (Å²) in [5.41, 5.74) is 0. The Balaban J connectivity index is 2.37. The van der Waals surface area contributed by atoms with Crippen LogP contribution < -0.4 is 10.6 Å². The molecule has 0 bridgehead atoms. The van der Waals surface area contributed by atoms with Crippen molar-refractivity contribution >= 4 is 11.8 Å². The second-order valence-electron chi connectivity index (χ2n) is 5.03. The molecule has 0 saturated carbocycles. The summed E-state index contributed by atoms with van der Waals surface area (Å²) in [5.74, 6) is -0.128. The third-order valence-electron chi connectivity index (χ3n) is 3.46. The number of hydrogen-bond acceptors (Lipinski definition) is 4. The molecule has 6 nitrogen and oxygen atoms in total. The van der Waals surface area contributed by atoms with Crippen molar-refractivity contribution < 1.29 is 14.3 Å². The van der Waals surface area contributed by atoms with E-state index in [0.29, 0.717) is 13.2 Å². The van der Waals surface area contributed by atoms with Crippen molar-refractivity contribution in [2.24, 2.45) is 5.92 Å². The highest BCUT2D eigenvalue weighted by molar-refractivity contribution is 5.86. The first-order valence-corrected chi connectivity index (χ1v) is 6.80. The highest BCUT2D eigenvalue weighted by Gasteiger charge is 2.30. The number of amides is 2. The summed E-state index contributed by atoms with van der Waals surface area (Å²) in [7, 11) is 3.26. The van der Waals surface area contributed by atoms with E-state index in [1.165, 1.54) is 4.90 Å². The van der Waals surface area contributed by atoms with E-state index < -0.39 is 0 Å². The highest BCUT2D eigenvalue weighted by Crippen LogP contribution is 2.18. The smallest absolute Gasteiger partial charge is 0.239 e. The molecule has 0 aromatic carbocycles. The van der Waals surface area contributed by atoms with Crippen LogP contribution in [0.1, 0.15) is 19.8 Å². The summed E-state index contributed by atoms with van der Waals surface area (Å²) in [6.45, 7) is 4.04. The Bertz CT molecular complexity index is 310. The molecule has 0 aliphatic carbocycles. The predicted octanol–water partition coefficient (Wildman–Crippen LogP) is -0.404. The molecule has 1 rings (SSSR count). The molecule has 2 amide bonds. The van der Waals surface area contributed by atoms with Crippen LogP contribution in [0, 0.1) is 5.92 Å². The van der Waals surface area contributed by atoms with Crippen LogP contribution in [0.2, 0.25) is 0 Å². The van der Waals surface area contributed by atoms with Crippen LogP contribution in [0.15, 0.2) is 0 Å². The SMILES string of the molecule is COCCNC(=O)CN(C)C(=O)C1CCCNC1C. The van der Waals surface area contributed by atoms with Gasteiger partial charge >= 0.3 is 0 Å². The van der Waals surface area contributed by atoms with E-state index in [0.717, 1.165) is 19.4 Å². The fraction of sp³-hybridized carbons (Fsp3) is 0.846. The topological polar surface area (TPSA) is 70.7 Å². The number of hydrogen-bond donors (Lipinski definition) is 2. The molecule has 1 heterocycles. The number of nitrogens with zero attached hydrogens (tertiary/aromatic N) is 1. The first-order valence-electron chi connectivity index (χ1n) is 6.80. The number of likely N-dealkylation sites (N-methyl/N-ethyl adjacent to an activating group) is 1. The predicted molar refractivity (Wildman–Crippen MR) is 72.7 cm³/mol. The number of rotatable bonds is 6. The van der Waals surface area contributed by atoms with E-state index in [2.05, 4.69) is 10.6 Å². The van der Waals surface area contributed by atoms with Crippen molar-refractivity contribution in [1.29, 1.82) is 0 Å². The zero-order valence-electron chi connectivity index (χ0n) is 12.1. The van der Waals surface area contributed by atoms with Gasteiger partial charge in [-0.25, -0.2) is 0 Å². The van der Waals surface area contributed by atoms with Crippen LogP contribution in [0.3, 0.4) is 0 Å². The summed E-state index contributed by atoms with van der Waals surface area (Å²) in [6.07, 6.45) is 1.90. The summed E-state index contributed by atoms with van der Waals surface area (Å²) in [6, 6.07) is 0.181. The molecule has 1 fully saturated rings. The Hall–Kier alpha value is -1.14. The number of methoxy groups -OCH3 is 1. The maximum absolute atomic E-state index is 12.3. The lowest BCUT2D eigenvalue weighted by Gasteiger charge is -2.31. The summed E-state index contributed by atoms with van der Waals surface area (Å²) in [4.78, 5) is 25.4. The van der Waals surface area contributed by atoms with E-state index in [1.54, 1.807) is 14.2 Å². The monoisotopic (exact) mass is 271 g/mol. The van der Waals surface area contributed by atoms with E-state index in [9.17, 15) is 9.59 Å². The third-order valence-corrected chi connectivity index (χ3v) is 3.46. The summed E-state index contributed by atoms with van der Waals surface area (Å²) >= 11 is 0. The van der Waals surface area contributed by atoms with E-state index >= 15 is 0 Å². The van der Waals surface area contributed by atoms with Crippen molar-refractivity contribution in [1.82, 2.24) is 15.5 Å². The Morgan fingerprint density at radius 3 is 2.84 bits per heavy atom. The first kappa shape index (κ1) is 15.9.